The molecule has 4 aromatic rings. The van der Waals surface area contributed by atoms with Gasteiger partial charge in [-0.3, -0.25) is 4.79 Å². The van der Waals surface area contributed by atoms with E-state index in [0.717, 1.165) is 15.6 Å². The number of fused-ring (bicyclic) bond motifs is 1. The van der Waals surface area contributed by atoms with Crippen molar-refractivity contribution in [3.05, 3.63) is 105 Å². The summed E-state index contributed by atoms with van der Waals surface area (Å²) >= 11 is 3.40. The van der Waals surface area contributed by atoms with Gasteiger partial charge in [-0.25, -0.2) is 4.98 Å². The molecule has 0 fully saturated rings. The standard InChI is InChI=1S/C23H18BrN3O2/c1-16-26-21-12-11-19(24)13-20(21)23(28)27(16)25-14-18-9-5-6-10-22(18)29-15-17-7-3-2-4-8-17/h2-14H,15H2,1H3. The monoisotopic (exact) mass is 447 g/mol. The average Bonchev–Trinajstić information content (AvgIpc) is 2.74. The van der Waals surface area contributed by atoms with Crippen LogP contribution in [0.15, 0.2) is 87.2 Å². The first kappa shape index (κ1) is 19.1. The van der Waals surface area contributed by atoms with Crippen molar-refractivity contribution in [1.82, 2.24) is 9.66 Å². The predicted octanol–water partition coefficient (Wildman–Crippen LogP) is 4.93. The summed E-state index contributed by atoms with van der Waals surface area (Å²) < 4.78 is 8.09. The third-order valence-corrected chi connectivity index (χ3v) is 4.93. The van der Waals surface area contributed by atoms with Crippen molar-refractivity contribution in [3.63, 3.8) is 0 Å². The van der Waals surface area contributed by atoms with E-state index >= 15 is 0 Å². The van der Waals surface area contributed by atoms with E-state index in [1.807, 2.05) is 66.7 Å². The second kappa shape index (κ2) is 8.41. The van der Waals surface area contributed by atoms with Gasteiger partial charge in [0.2, 0.25) is 0 Å². The van der Waals surface area contributed by atoms with Crippen LogP contribution in [-0.2, 0) is 6.61 Å². The first-order valence-electron chi connectivity index (χ1n) is 9.11. The van der Waals surface area contributed by atoms with E-state index in [0.29, 0.717) is 29.1 Å². The van der Waals surface area contributed by atoms with Crippen LogP contribution in [0.2, 0.25) is 0 Å². The number of hydrogen-bond acceptors (Lipinski definition) is 4. The maximum atomic E-state index is 12.9. The van der Waals surface area contributed by atoms with Crippen LogP contribution in [-0.4, -0.2) is 15.9 Å². The lowest BCUT2D eigenvalue weighted by molar-refractivity contribution is 0.306. The summed E-state index contributed by atoms with van der Waals surface area (Å²) in [7, 11) is 0. The second-order valence-electron chi connectivity index (χ2n) is 6.49. The van der Waals surface area contributed by atoms with Crippen molar-refractivity contribution in [2.45, 2.75) is 13.5 Å². The van der Waals surface area contributed by atoms with Crippen LogP contribution >= 0.6 is 15.9 Å². The third kappa shape index (κ3) is 4.27. The summed E-state index contributed by atoms with van der Waals surface area (Å²) in [4.78, 5) is 17.4. The van der Waals surface area contributed by atoms with Crippen molar-refractivity contribution in [2.75, 3.05) is 0 Å². The Morgan fingerprint density at radius 3 is 2.66 bits per heavy atom. The van der Waals surface area contributed by atoms with Crippen LogP contribution in [0.25, 0.3) is 10.9 Å². The molecule has 0 amide bonds. The van der Waals surface area contributed by atoms with Crippen LogP contribution in [0.1, 0.15) is 17.0 Å². The van der Waals surface area contributed by atoms with Gasteiger partial charge in [-0.1, -0.05) is 58.4 Å². The molecule has 0 aliphatic heterocycles. The minimum absolute atomic E-state index is 0.215. The fourth-order valence-electron chi connectivity index (χ4n) is 2.97. The fraction of sp³-hybridized carbons (Fsp3) is 0.0870. The van der Waals surface area contributed by atoms with E-state index in [-0.39, 0.29) is 5.56 Å². The Morgan fingerprint density at radius 1 is 1.07 bits per heavy atom. The van der Waals surface area contributed by atoms with Crippen molar-refractivity contribution < 1.29 is 4.74 Å². The van der Waals surface area contributed by atoms with Gasteiger partial charge in [0.05, 0.1) is 17.1 Å². The molecule has 29 heavy (non-hydrogen) atoms. The van der Waals surface area contributed by atoms with Crippen LogP contribution in [0.4, 0.5) is 0 Å². The number of para-hydroxylation sites is 1. The van der Waals surface area contributed by atoms with Gasteiger partial charge in [-0.05, 0) is 42.8 Å². The molecule has 0 radical (unpaired) electrons. The largest absolute Gasteiger partial charge is 0.488 e. The highest BCUT2D eigenvalue weighted by atomic mass is 79.9. The fourth-order valence-corrected chi connectivity index (χ4v) is 3.33. The van der Waals surface area contributed by atoms with E-state index in [9.17, 15) is 4.79 Å². The van der Waals surface area contributed by atoms with E-state index in [2.05, 4.69) is 26.0 Å². The lowest BCUT2D eigenvalue weighted by Crippen LogP contribution is -2.20. The van der Waals surface area contributed by atoms with Crippen molar-refractivity contribution in [1.29, 1.82) is 0 Å². The van der Waals surface area contributed by atoms with Gasteiger partial charge in [-0.15, -0.1) is 0 Å². The van der Waals surface area contributed by atoms with E-state index in [1.54, 1.807) is 19.2 Å². The van der Waals surface area contributed by atoms with Gasteiger partial charge < -0.3 is 4.74 Å². The highest BCUT2D eigenvalue weighted by Crippen LogP contribution is 2.18. The molecule has 0 saturated carbocycles. The maximum absolute atomic E-state index is 12.9. The summed E-state index contributed by atoms with van der Waals surface area (Å²) in [6.07, 6.45) is 1.63. The summed E-state index contributed by atoms with van der Waals surface area (Å²) in [6, 6.07) is 23.0. The smallest absolute Gasteiger partial charge is 0.282 e. The minimum atomic E-state index is -0.215. The normalized spacial score (nSPS) is 11.2. The zero-order chi connectivity index (χ0) is 20.2. The molecule has 0 unspecified atom stereocenters. The molecule has 0 spiro atoms. The summed E-state index contributed by atoms with van der Waals surface area (Å²) in [5.41, 5.74) is 2.29. The number of rotatable bonds is 5. The molecular weight excluding hydrogens is 430 g/mol. The average molecular weight is 448 g/mol. The Hall–Kier alpha value is -3.25. The lowest BCUT2D eigenvalue weighted by atomic mass is 10.2. The van der Waals surface area contributed by atoms with E-state index < -0.39 is 0 Å². The molecule has 0 aliphatic rings. The molecule has 1 heterocycles. The highest BCUT2D eigenvalue weighted by molar-refractivity contribution is 9.10. The highest BCUT2D eigenvalue weighted by Gasteiger charge is 2.08. The van der Waals surface area contributed by atoms with Crippen LogP contribution in [0.3, 0.4) is 0 Å². The number of aromatic nitrogens is 2. The summed E-state index contributed by atoms with van der Waals surface area (Å²) in [5.74, 6) is 1.21. The molecule has 3 aromatic carbocycles. The molecule has 1 aromatic heterocycles. The number of aryl methyl sites for hydroxylation is 1. The molecule has 0 atom stereocenters. The van der Waals surface area contributed by atoms with Gasteiger partial charge >= 0.3 is 0 Å². The van der Waals surface area contributed by atoms with Crippen molar-refractivity contribution in [3.8, 4) is 5.75 Å². The first-order valence-corrected chi connectivity index (χ1v) is 9.90. The van der Waals surface area contributed by atoms with Gasteiger partial charge in [0, 0.05) is 10.0 Å². The van der Waals surface area contributed by atoms with Gasteiger partial charge in [0.25, 0.3) is 5.56 Å². The van der Waals surface area contributed by atoms with Gasteiger partial charge in [0.15, 0.2) is 0 Å². The van der Waals surface area contributed by atoms with Crippen LogP contribution in [0, 0.1) is 6.92 Å². The molecule has 0 N–H and O–H groups in total. The van der Waals surface area contributed by atoms with Crippen LogP contribution < -0.4 is 10.3 Å². The zero-order valence-electron chi connectivity index (χ0n) is 15.7. The number of halogens is 1. The van der Waals surface area contributed by atoms with E-state index in [1.165, 1.54) is 4.68 Å². The Balaban J connectivity index is 1.65. The first-order chi connectivity index (χ1) is 14.1. The summed E-state index contributed by atoms with van der Waals surface area (Å²) in [5, 5.41) is 4.90. The zero-order valence-corrected chi connectivity index (χ0v) is 17.3. The number of ether oxygens (including phenoxy) is 1. The molecule has 4 rings (SSSR count). The number of benzene rings is 3. The molecular formula is C23H18BrN3O2. The molecule has 144 valence electrons. The summed E-state index contributed by atoms with van der Waals surface area (Å²) in [6.45, 7) is 2.22. The van der Waals surface area contributed by atoms with Gasteiger partial charge in [0.1, 0.15) is 18.2 Å². The molecule has 5 nitrogen and oxygen atoms in total. The molecule has 0 bridgehead atoms. The Kier molecular flexibility index (Phi) is 5.53. The lowest BCUT2D eigenvalue weighted by Gasteiger charge is -2.09. The van der Waals surface area contributed by atoms with Crippen molar-refractivity contribution >= 4 is 33.0 Å². The van der Waals surface area contributed by atoms with Crippen molar-refractivity contribution in [2.24, 2.45) is 5.10 Å². The molecule has 6 heteroatoms. The van der Waals surface area contributed by atoms with Crippen LogP contribution in [0.5, 0.6) is 5.75 Å². The second-order valence-corrected chi connectivity index (χ2v) is 7.41. The molecule has 0 saturated heterocycles. The number of nitrogens with zero attached hydrogens (tertiary/aromatic N) is 3. The quantitative estimate of drug-likeness (QED) is 0.407. The van der Waals surface area contributed by atoms with Gasteiger partial charge in [-0.2, -0.15) is 9.78 Å². The Labute approximate surface area is 176 Å². The van der Waals surface area contributed by atoms with E-state index in [4.69, 9.17) is 4.74 Å². The number of hydrogen-bond donors (Lipinski definition) is 0. The topological polar surface area (TPSA) is 56.5 Å². The maximum Gasteiger partial charge on any atom is 0.282 e. The molecule has 0 aliphatic carbocycles. The third-order valence-electron chi connectivity index (χ3n) is 4.44. The minimum Gasteiger partial charge on any atom is -0.488 e. The predicted molar refractivity (Wildman–Crippen MR) is 119 cm³/mol. The SMILES string of the molecule is Cc1nc2ccc(Br)cc2c(=O)n1N=Cc1ccccc1OCc1ccccc1. The Morgan fingerprint density at radius 2 is 1.83 bits per heavy atom. The Bertz CT molecular complexity index is 1250.